The molecule has 0 N–H and O–H groups in total. The molecule has 0 saturated heterocycles. The summed E-state index contributed by atoms with van der Waals surface area (Å²) in [5.41, 5.74) is 5.39. The van der Waals surface area contributed by atoms with E-state index in [0.717, 1.165) is 11.5 Å². The van der Waals surface area contributed by atoms with Crippen LogP contribution in [0.15, 0.2) is 54.1 Å². The topological polar surface area (TPSA) is 18.5 Å². The molecule has 2 aromatic rings. The Hall–Kier alpha value is -2.22. The van der Waals surface area contributed by atoms with Gasteiger partial charge >= 0.3 is 0 Å². The summed E-state index contributed by atoms with van der Waals surface area (Å²) >= 11 is 0. The monoisotopic (exact) mass is 266 g/mol. The molecule has 20 heavy (non-hydrogen) atoms. The van der Waals surface area contributed by atoms with Crippen molar-refractivity contribution < 1.29 is 9.47 Å². The van der Waals surface area contributed by atoms with Crippen LogP contribution < -0.4 is 9.47 Å². The van der Waals surface area contributed by atoms with Gasteiger partial charge in [0, 0.05) is 0 Å². The number of benzene rings is 2. The van der Waals surface area contributed by atoms with Crippen molar-refractivity contribution in [1.82, 2.24) is 0 Å². The van der Waals surface area contributed by atoms with Crippen LogP contribution in [0.1, 0.15) is 24.0 Å². The SMILES string of the molecule is COc1ccc(C(=C2CC2)c2ccc(OC)cc2)cc1. The van der Waals surface area contributed by atoms with Gasteiger partial charge in [0.25, 0.3) is 0 Å². The molecule has 3 rings (SSSR count). The Kier molecular flexibility index (Phi) is 3.46. The molecule has 0 aromatic heterocycles. The van der Waals surface area contributed by atoms with Crippen molar-refractivity contribution in [2.75, 3.05) is 14.2 Å². The van der Waals surface area contributed by atoms with Gasteiger partial charge in [-0.15, -0.1) is 0 Å². The standard InChI is InChI=1S/C18H18O2/c1-19-16-9-5-14(6-10-16)18(13-3-4-13)15-7-11-17(20-2)12-8-15/h5-12H,3-4H2,1-2H3. The predicted octanol–water partition coefficient (Wildman–Crippen LogP) is 4.30. The fraction of sp³-hybridized carbons (Fsp3) is 0.222. The maximum absolute atomic E-state index is 5.23. The summed E-state index contributed by atoms with van der Waals surface area (Å²) < 4.78 is 10.5. The van der Waals surface area contributed by atoms with Crippen LogP contribution in [0.5, 0.6) is 11.5 Å². The lowest BCUT2D eigenvalue weighted by atomic mass is 9.97. The maximum atomic E-state index is 5.23. The quantitative estimate of drug-likeness (QED) is 0.821. The number of methoxy groups -OCH3 is 2. The molecule has 0 unspecified atom stereocenters. The summed E-state index contributed by atoms with van der Waals surface area (Å²) in [7, 11) is 3.39. The van der Waals surface area contributed by atoms with Gasteiger partial charge in [-0.3, -0.25) is 0 Å². The van der Waals surface area contributed by atoms with Crippen molar-refractivity contribution in [2.24, 2.45) is 0 Å². The summed E-state index contributed by atoms with van der Waals surface area (Å²) in [5.74, 6) is 1.78. The molecule has 1 saturated carbocycles. The third kappa shape index (κ3) is 2.55. The molecule has 0 atom stereocenters. The second-order valence-electron chi connectivity index (χ2n) is 4.94. The fourth-order valence-electron chi connectivity index (χ4n) is 2.40. The molecule has 2 nitrogen and oxygen atoms in total. The lowest BCUT2D eigenvalue weighted by Gasteiger charge is -2.10. The Morgan fingerprint density at radius 2 is 1.10 bits per heavy atom. The Labute approximate surface area is 119 Å². The van der Waals surface area contributed by atoms with E-state index in [-0.39, 0.29) is 0 Å². The summed E-state index contributed by atoms with van der Waals surface area (Å²) in [6.07, 6.45) is 2.40. The van der Waals surface area contributed by atoms with E-state index in [9.17, 15) is 0 Å². The van der Waals surface area contributed by atoms with Gasteiger partial charge in [-0.25, -0.2) is 0 Å². The zero-order valence-corrected chi connectivity index (χ0v) is 11.8. The number of allylic oxidation sites excluding steroid dienone is 1. The second-order valence-corrected chi connectivity index (χ2v) is 4.94. The highest BCUT2D eigenvalue weighted by atomic mass is 16.5. The smallest absolute Gasteiger partial charge is 0.118 e. The van der Waals surface area contributed by atoms with Crippen LogP contribution in [-0.4, -0.2) is 14.2 Å². The van der Waals surface area contributed by atoms with E-state index in [4.69, 9.17) is 9.47 Å². The molecule has 1 aliphatic rings. The molecule has 2 heteroatoms. The van der Waals surface area contributed by atoms with Crippen molar-refractivity contribution in [3.8, 4) is 11.5 Å². The Morgan fingerprint density at radius 1 is 0.700 bits per heavy atom. The molecule has 2 aromatic carbocycles. The van der Waals surface area contributed by atoms with E-state index < -0.39 is 0 Å². The first-order valence-corrected chi connectivity index (χ1v) is 6.82. The van der Waals surface area contributed by atoms with Gasteiger partial charge in [0.15, 0.2) is 0 Å². The molecule has 0 bridgehead atoms. The minimum absolute atomic E-state index is 0.892. The Morgan fingerprint density at radius 3 is 1.40 bits per heavy atom. The van der Waals surface area contributed by atoms with Gasteiger partial charge in [0.05, 0.1) is 14.2 Å². The number of hydrogen-bond acceptors (Lipinski definition) is 2. The molecule has 1 aliphatic carbocycles. The molecular weight excluding hydrogens is 248 g/mol. The number of rotatable bonds is 4. The van der Waals surface area contributed by atoms with Crippen molar-refractivity contribution >= 4 is 5.57 Å². The van der Waals surface area contributed by atoms with E-state index in [1.165, 1.54) is 35.1 Å². The van der Waals surface area contributed by atoms with Crippen LogP contribution in [0.4, 0.5) is 0 Å². The van der Waals surface area contributed by atoms with E-state index in [1.54, 1.807) is 14.2 Å². The van der Waals surface area contributed by atoms with Gasteiger partial charge in [0.1, 0.15) is 11.5 Å². The van der Waals surface area contributed by atoms with E-state index in [1.807, 2.05) is 24.3 Å². The van der Waals surface area contributed by atoms with Crippen LogP contribution in [0.3, 0.4) is 0 Å². The van der Waals surface area contributed by atoms with Crippen molar-refractivity contribution in [1.29, 1.82) is 0 Å². The van der Waals surface area contributed by atoms with E-state index in [0.29, 0.717) is 0 Å². The second kappa shape index (κ2) is 5.41. The average Bonchev–Trinajstić information content (AvgIpc) is 3.34. The van der Waals surface area contributed by atoms with Crippen molar-refractivity contribution in [3.63, 3.8) is 0 Å². The average molecular weight is 266 g/mol. The minimum Gasteiger partial charge on any atom is -0.497 e. The predicted molar refractivity (Wildman–Crippen MR) is 81.2 cm³/mol. The molecule has 0 amide bonds. The third-order valence-corrected chi connectivity index (χ3v) is 3.61. The van der Waals surface area contributed by atoms with Crippen LogP contribution in [0.25, 0.3) is 5.57 Å². The number of ether oxygens (including phenoxy) is 2. The Bertz CT molecular complexity index is 566. The lowest BCUT2D eigenvalue weighted by molar-refractivity contribution is 0.414. The van der Waals surface area contributed by atoms with Gasteiger partial charge in [-0.05, 0) is 53.8 Å². The van der Waals surface area contributed by atoms with Gasteiger partial charge in [0.2, 0.25) is 0 Å². The van der Waals surface area contributed by atoms with Crippen LogP contribution >= 0.6 is 0 Å². The van der Waals surface area contributed by atoms with Crippen LogP contribution in [-0.2, 0) is 0 Å². The molecule has 0 heterocycles. The third-order valence-electron chi connectivity index (χ3n) is 3.61. The highest BCUT2D eigenvalue weighted by Gasteiger charge is 2.20. The first-order valence-electron chi connectivity index (χ1n) is 6.82. The maximum Gasteiger partial charge on any atom is 0.118 e. The molecule has 0 radical (unpaired) electrons. The Balaban J connectivity index is 1.99. The van der Waals surface area contributed by atoms with Crippen molar-refractivity contribution in [2.45, 2.75) is 12.8 Å². The van der Waals surface area contributed by atoms with Gasteiger partial charge in [-0.2, -0.15) is 0 Å². The van der Waals surface area contributed by atoms with Crippen LogP contribution in [0, 0.1) is 0 Å². The summed E-state index contributed by atoms with van der Waals surface area (Å²) in [6.45, 7) is 0. The summed E-state index contributed by atoms with van der Waals surface area (Å²) in [5, 5.41) is 0. The summed E-state index contributed by atoms with van der Waals surface area (Å²) in [4.78, 5) is 0. The molecular formula is C18H18O2. The van der Waals surface area contributed by atoms with E-state index >= 15 is 0 Å². The normalized spacial score (nSPS) is 13.0. The fourth-order valence-corrected chi connectivity index (χ4v) is 2.40. The first kappa shape index (κ1) is 12.8. The molecule has 1 fully saturated rings. The van der Waals surface area contributed by atoms with E-state index in [2.05, 4.69) is 24.3 Å². The van der Waals surface area contributed by atoms with Crippen LogP contribution in [0.2, 0.25) is 0 Å². The zero-order valence-electron chi connectivity index (χ0n) is 11.8. The molecule has 0 aliphatic heterocycles. The highest BCUT2D eigenvalue weighted by Crippen LogP contribution is 2.40. The number of hydrogen-bond donors (Lipinski definition) is 0. The molecule has 0 spiro atoms. The minimum atomic E-state index is 0.892. The summed E-state index contributed by atoms with van der Waals surface area (Å²) in [6, 6.07) is 16.6. The largest absolute Gasteiger partial charge is 0.497 e. The molecule has 102 valence electrons. The highest BCUT2D eigenvalue weighted by molar-refractivity contribution is 5.84. The van der Waals surface area contributed by atoms with Gasteiger partial charge in [-0.1, -0.05) is 29.8 Å². The van der Waals surface area contributed by atoms with Crippen molar-refractivity contribution in [3.05, 3.63) is 65.2 Å². The van der Waals surface area contributed by atoms with Gasteiger partial charge < -0.3 is 9.47 Å². The zero-order chi connectivity index (χ0) is 13.9. The lowest BCUT2D eigenvalue weighted by Crippen LogP contribution is -1.90. The first-order chi connectivity index (χ1) is 9.81.